The maximum absolute atomic E-state index is 13.6. The smallest absolute Gasteiger partial charge is 0.272 e. The first-order valence-corrected chi connectivity index (χ1v) is 17.5. The van der Waals surface area contributed by atoms with Crippen LogP contribution in [0, 0.1) is 26.7 Å². The van der Waals surface area contributed by atoms with Gasteiger partial charge in [0.2, 0.25) is 10.0 Å². The van der Waals surface area contributed by atoms with Crippen molar-refractivity contribution in [3.05, 3.63) is 40.7 Å². The molecule has 0 spiro atoms. The summed E-state index contributed by atoms with van der Waals surface area (Å²) in [6.07, 6.45) is 9.45. The molecule has 0 bridgehead atoms. The molecule has 5 rings (SSSR count). The fraction of sp³-hybridized carbons (Fsp3) is 0.710. The number of aromatic nitrogens is 2. The molecule has 3 fully saturated rings. The van der Waals surface area contributed by atoms with Crippen LogP contribution in [-0.2, 0) is 10.0 Å². The van der Waals surface area contributed by atoms with Gasteiger partial charge in [-0.15, -0.1) is 0 Å². The molecule has 1 unspecified atom stereocenters. The lowest BCUT2D eigenvalue weighted by Crippen LogP contribution is -2.52. The number of rotatable bonds is 8. The number of furan rings is 1. The molecule has 3 aliphatic rings. The quantitative estimate of drug-likeness (QED) is 0.476. The largest absolute Gasteiger partial charge is 0.466 e. The molecule has 2 saturated heterocycles. The van der Waals surface area contributed by atoms with Gasteiger partial charge in [-0.25, -0.2) is 22.7 Å². The standard InChI is InChI=1S/C31H48N6O4S/c1-21-9-10-28(41-21)25-8-6-7-24(19-25)20-32-30-22(2)29(33-23(3)34-30)31(38)37-17-13-27(14-18-37)36-15-11-26(12-16-36)35(4)42(5,39)40/h9-10,24-27H,6-8,11-20H2,1-5H3,(H,32,33,34)/t24?,25-/m0/s1. The molecule has 2 aromatic heterocycles. The van der Waals surface area contributed by atoms with E-state index in [0.29, 0.717) is 42.5 Å². The van der Waals surface area contributed by atoms with E-state index in [4.69, 9.17) is 4.42 Å². The molecule has 2 aromatic rings. The molecule has 232 valence electrons. The Balaban J connectivity index is 1.14. The predicted octanol–water partition coefficient (Wildman–Crippen LogP) is 4.34. The summed E-state index contributed by atoms with van der Waals surface area (Å²) in [7, 11) is -1.48. The number of piperidine rings is 2. The summed E-state index contributed by atoms with van der Waals surface area (Å²) in [6, 6.07) is 4.67. The number of anilines is 1. The van der Waals surface area contributed by atoms with E-state index < -0.39 is 10.0 Å². The Morgan fingerprint density at radius 2 is 1.74 bits per heavy atom. The van der Waals surface area contributed by atoms with Crippen LogP contribution in [0.2, 0.25) is 0 Å². The summed E-state index contributed by atoms with van der Waals surface area (Å²) in [5, 5.41) is 3.57. The van der Waals surface area contributed by atoms with Crippen LogP contribution in [0.1, 0.15) is 90.7 Å². The maximum Gasteiger partial charge on any atom is 0.272 e. The highest BCUT2D eigenvalue weighted by Crippen LogP contribution is 2.37. The number of carbonyl (C=O) groups is 1. The minimum Gasteiger partial charge on any atom is -0.466 e. The Morgan fingerprint density at radius 3 is 2.38 bits per heavy atom. The molecule has 1 N–H and O–H groups in total. The zero-order valence-corrected chi connectivity index (χ0v) is 26.8. The molecule has 1 saturated carbocycles. The molecule has 4 heterocycles. The van der Waals surface area contributed by atoms with Crippen LogP contribution in [0.25, 0.3) is 0 Å². The SMILES string of the molecule is Cc1nc(NCC2CCC[C@H](c3ccc(C)o3)C2)c(C)c(C(=O)N2CCC(N3CCC(N(C)S(C)(=O)=O)CC3)CC2)n1. The van der Waals surface area contributed by atoms with Crippen LogP contribution >= 0.6 is 0 Å². The summed E-state index contributed by atoms with van der Waals surface area (Å²) >= 11 is 0. The molecular formula is C31H48N6O4S. The highest BCUT2D eigenvalue weighted by atomic mass is 32.2. The summed E-state index contributed by atoms with van der Waals surface area (Å²) < 4.78 is 31.3. The molecule has 11 heteroatoms. The van der Waals surface area contributed by atoms with Crippen LogP contribution in [0.15, 0.2) is 16.5 Å². The van der Waals surface area contributed by atoms with Crippen LogP contribution in [-0.4, -0.2) is 96.5 Å². The average molecular weight is 601 g/mol. The molecule has 2 aliphatic heterocycles. The van der Waals surface area contributed by atoms with Gasteiger partial charge in [0.1, 0.15) is 28.9 Å². The Hall–Kier alpha value is -2.50. The minimum absolute atomic E-state index is 0.0149. The van der Waals surface area contributed by atoms with Crippen molar-refractivity contribution in [1.29, 1.82) is 0 Å². The number of nitrogens with zero attached hydrogens (tertiary/aromatic N) is 5. The molecule has 0 aromatic carbocycles. The van der Waals surface area contributed by atoms with Gasteiger partial charge in [-0.2, -0.15) is 0 Å². The zero-order valence-electron chi connectivity index (χ0n) is 25.9. The van der Waals surface area contributed by atoms with Crippen molar-refractivity contribution >= 4 is 21.7 Å². The van der Waals surface area contributed by atoms with Gasteiger partial charge in [0.05, 0.1) is 6.26 Å². The summed E-state index contributed by atoms with van der Waals surface area (Å²) in [6.45, 7) is 9.82. The van der Waals surface area contributed by atoms with Gasteiger partial charge in [0, 0.05) is 50.2 Å². The molecule has 10 nitrogen and oxygen atoms in total. The summed E-state index contributed by atoms with van der Waals surface area (Å²) in [5.41, 5.74) is 1.32. The Labute approximate surface area is 251 Å². The molecule has 2 atom stereocenters. The second-order valence-corrected chi connectivity index (χ2v) is 14.8. The molecular weight excluding hydrogens is 552 g/mol. The van der Waals surface area contributed by atoms with Crippen molar-refractivity contribution in [2.24, 2.45) is 5.92 Å². The average Bonchev–Trinajstić information content (AvgIpc) is 3.43. The zero-order chi connectivity index (χ0) is 30.0. The first kappa shape index (κ1) is 30.9. The molecule has 1 aliphatic carbocycles. The van der Waals surface area contributed by atoms with Gasteiger partial charge in [-0.3, -0.25) is 4.79 Å². The molecule has 0 radical (unpaired) electrons. The van der Waals surface area contributed by atoms with E-state index in [2.05, 4.69) is 32.3 Å². The fourth-order valence-electron chi connectivity index (χ4n) is 7.13. The van der Waals surface area contributed by atoms with E-state index in [1.807, 2.05) is 25.7 Å². The highest BCUT2D eigenvalue weighted by molar-refractivity contribution is 7.88. The van der Waals surface area contributed by atoms with E-state index in [1.54, 1.807) is 7.05 Å². The first-order chi connectivity index (χ1) is 20.0. The monoisotopic (exact) mass is 600 g/mol. The summed E-state index contributed by atoms with van der Waals surface area (Å²) in [5.74, 6) is 4.42. The van der Waals surface area contributed by atoms with Crippen molar-refractivity contribution in [1.82, 2.24) is 24.1 Å². The minimum atomic E-state index is -3.17. The normalized spacial score (nSPS) is 23.4. The number of hydrogen-bond acceptors (Lipinski definition) is 8. The van der Waals surface area contributed by atoms with Crippen LogP contribution in [0.5, 0.6) is 0 Å². The van der Waals surface area contributed by atoms with Gasteiger partial charge < -0.3 is 19.5 Å². The number of aryl methyl sites for hydroxylation is 2. The number of amides is 1. The fourth-order valence-corrected chi connectivity index (χ4v) is 7.88. The topological polar surface area (TPSA) is 112 Å². The van der Waals surface area contributed by atoms with Crippen molar-refractivity contribution < 1.29 is 17.6 Å². The predicted molar refractivity (Wildman–Crippen MR) is 164 cm³/mol. The first-order valence-electron chi connectivity index (χ1n) is 15.6. The van der Waals surface area contributed by atoms with Crippen LogP contribution in [0.4, 0.5) is 5.82 Å². The van der Waals surface area contributed by atoms with Crippen molar-refractivity contribution in [3.8, 4) is 0 Å². The van der Waals surface area contributed by atoms with Crippen LogP contribution in [0.3, 0.4) is 0 Å². The lowest BCUT2D eigenvalue weighted by atomic mass is 9.80. The number of hydrogen-bond donors (Lipinski definition) is 1. The highest BCUT2D eigenvalue weighted by Gasteiger charge is 2.33. The Kier molecular flexibility index (Phi) is 9.59. The van der Waals surface area contributed by atoms with Gasteiger partial charge in [0.25, 0.3) is 5.91 Å². The van der Waals surface area contributed by atoms with Gasteiger partial charge in [0.15, 0.2) is 0 Å². The van der Waals surface area contributed by atoms with E-state index >= 15 is 0 Å². The van der Waals surface area contributed by atoms with E-state index in [1.165, 1.54) is 29.8 Å². The number of carbonyl (C=O) groups excluding carboxylic acids is 1. The third kappa shape index (κ3) is 7.17. The number of sulfonamides is 1. The van der Waals surface area contributed by atoms with Crippen molar-refractivity contribution in [2.45, 2.75) is 90.1 Å². The third-order valence-corrected chi connectivity index (χ3v) is 11.1. The Morgan fingerprint density at radius 1 is 1.02 bits per heavy atom. The summed E-state index contributed by atoms with van der Waals surface area (Å²) in [4.78, 5) is 27.3. The Bertz CT molecular complexity index is 1350. The number of nitrogens with one attached hydrogen (secondary N) is 1. The maximum atomic E-state index is 13.6. The lowest BCUT2D eigenvalue weighted by Gasteiger charge is -2.43. The van der Waals surface area contributed by atoms with Gasteiger partial charge in [-0.05, 0) is 96.9 Å². The van der Waals surface area contributed by atoms with Gasteiger partial charge >= 0.3 is 0 Å². The van der Waals surface area contributed by atoms with E-state index in [-0.39, 0.29) is 11.9 Å². The molecule has 1 amide bonds. The van der Waals surface area contributed by atoms with E-state index in [0.717, 1.165) is 74.6 Å². The second-order valence-electron chi connectivity index (χ2n) is 12.7. The molecule has 42 heavy (non-hydrogen) atoms. The third-order valence-electron chi connectivity index (χ3n) is 9.77. The van der Waals surface area contributed by atoms with Crippen molar-refractivity contribution in [3.63, 3.8) is 0 Å². The van der Waals surface area contributed by atoms with E-state index in [9.17, 15) is 13.2 Å². The second kappa shape index (κ2) is 13.0. The van der Waals surface area contributed by atoms with Gasteiger partial charge in [-0.1, -0.05) is 6.42 Å². The number of likely N-dealkylation sites (tertiary alicyclic amines) is 2. The van der Waals surface area contributed by atoms with Crippen molar-refractivity contribution in [2.75, 3.05) is 51.3 Å². The van der Waals surface area contributed by atoms with Crippen LogP contribution < -0.4 is 5.32 Å². The lowest BCUT2D eigenvalue weighted by molar-refractivity contribution is 0.0542.